The number of aliphatic hydroxyl groups is 1. The summed E-state index contributed by atoms with van der Waals surface area (Å²) in [5.74, 6) is 3.46. The van der Waals surface area contributed by atoms with Crippen LogP contribution in [0.3, 0.4) is 0 Å². The van der Waals surface area contributed by atoms with Crippen LogP contribution in [0, 0.1) is 23.7 Å². The highest BCUT2D eigenvalue weighted by atomic mass is 16.3. The van der Waals surface area contributed by atoms with Crippen molar-refractivity contribution in [2.24, 2.45) is 23.7 Å². The topological polar surface area (TPSA) is 52.5 Å². The molecule has 0 spiro atoms. The van der Waals surface area contributed by atoms with Crippen LogP contribution in [-0.2, 0) is 17.4 Å². The number of nitrogens with one attached hydrogen (secondary N) is 1. The monoisotopic (exact) mass is 399 g/mol. The fourth-order valence-electron chi connectivity index (χ4n) is 6.86. The van der Waals surface area contributed by atoms with Gasteiger partial charge >= 0.3 is 0 Å². The summed E-state index contributed by atoms with van der Waals surface area (Å²) < 4.78 is 0. The third kappa shape index (κ3) is 3.97. The molecule has 3 N–H and O–H groups in total. The van der Waals surface area contributed by atoms with E-state index in [0.717, 1.165) is 23.3 Å². The van der Waals surface area contributed by atoms with E-state index in [4.69, 9.17) is 0 Å². The Kier molecular flexibility index (Phi) is 5.53. The number of aliphatic hydroxyl groups excluding tert-OH is 1. The van der Waals surface area contributed by atoms with Crippen molar-refractivity contribution in [3.05, 3.63) is 28.8 Å². The smallest absolute Gasteiger partial charge is 0.123 e. The maximum Gasteiger partial charge on any atom is 0.123 e. The van der Waals surface area contributed by atoms with Crippen LogP contribution >= 0.6 is 0 Å². The molecule has 0 radical (unpaired) electrons. The molecular weight excluding hydrogens is 358 g/mol. The molecule has 3 heteroatoms. The van der Waals surface area contributed by atoms with E-state index in [2.05, 4.69) is 52.1 Å². The zero-order valence-corrected chi connectivity index (χ0v) is 19.1. The summed E-state index contributed by atoms with van der Waals surface area (Å²) in [7, 11) is 0. The first-order valence-electron chi connectivity index (χ1n) is 11.8. The molecule has 4 saturated carbocycles. The molecule has 5 rings (SSSR count). The molecule has 0 amide bonds. The average molecular weight is 400 g/mol. The Morgan fingerprint density at radius 1 is 1.03 bits per heavy atom. The lowest BCUT2D eigenvalue weighted by molar-refractivity contribution is -0.00625. The molecule has 1 aromatic carbocycles. The molecule has 162 valence electrons. The molecule has 0 unspecified atom stereocenters. The highest BCUT2D eigenvalue weighted by Crippen LogP contribution is 2.62. The number of hydrogen-bond donors (Lipinski definition) is 3. The van der Waals surface area contributed by atoms with Crippen LogP contribution in [-0.4, -0.2) is 22.9 Å². The normalized spacial score (nSPS) is 32.2. The van der Waals surface area contributed by atoms with Gasteiger partial charge < -0.3 is 15.5 Å². The highest BCUT2D eigenvalue weighted by Gasteiger charge is 2.52. The zero-order valence-electron chi connectivity index (χ0n) is 19.1. The zero-order chi connectivity index (χ0) is 21.0. The highest BCUT2D eigenvalue weighted by molar-refractivity contribution is 5.50. The minimum atomic E-state index is 0.0495. The predicted octanol–water partition coefficient (Wildman–Crippen LogP) is 5.26. The molecule has 4 aliphatic rings. The van der Waals surface area contributed by atoms with Gasteiger partial charge in [-0.2, -0.15) is 0 Å². The van der Waals surface area contributed by atoms with Crippen LogP contribution < -0.4 is 5.32 Å². The lowest BCUT2D eigenvalue weighted by Gasteiger charge is -2.57. The second-order valence-electron chi connectivity index (χ2n) is 11.9. The van der Waals surface area contributed by atoms with E-state index in [1.165, 1.54) is 49.7 Å². The van der Waals surface area contributed by atoms with Gasteiger partial charge in [0.25, 0.3) is 0 Å². The van der Waals surface area contributed by atoms with E-state index in [1.54, 1.807) is 0 Å². The van der Waals surface area contributed by atoms with Gasteiger partial charge in [0.05, 0.1) is 6.61 Å². The van der Waals surface area contributed by atoms with Crippen LogP contribution in [0.25, 0.3) is 0 Å². The molecule has 1 atom stereocenters. The number of benzene rings is 1. The predicted molar refractivity (Wildman–Crippen MR) is 119 cm³/mol. The van der Waals surface area contributed by atoms with Crippen molar-refractivity contribution in [2.45, 2.75) is 96.6 Å². The van der Waals surface area contributed by atoms with Crippen LogP contribution in [0.5, 0.6) is 5.75 Å². The van der Waals surface area contributed by atoms with Crippen molar-refractivity contribution < 1.29 is 10.2 Å². The molecule has 0 aromatic heterocycles. The first-order chi connectivity index (χ1) is 13.6. The molecular formula is C26H41NO2. The van der Waals surface area contributed by atoms with Crippen LogP contribution in [0.1, 0.15) is 89.8 Å². The van der Waals surface area contributed by atoms with Crippen LogP contribution in [0.2, 0.25) is 0 Å². The van der Waals surface area contributed by atoms with Gasteiger partial charge in [0.2, 0.25) is 0 Å². The van der Waals surface area contributed by atoms with Crippen molar-refractivity contribution in [2.75, 3.05) is 6.61 Å². The maximum absolute atomic E-state index is 11.5. The SMILES string of the molecule is CC(C)[C@@H](CO)NCc1cc(C(C)(C)C)cc(C23CC4CC(CC(C4)C2)C3)c1O. The molecule has 1 aromatic rings. The van der Waals surface area contributed by atoms with E-state index >= 15 is 0 Å². The van der Waals surface area contributed by atoms with Gasteiger partial charge in [0.15, 0.2) is 0 Å². The van der Waals surface area contributed by atoms with Gasteiger partial charge in [-0.25, -0.2) is 0 Å². The molecule has 29 heavy (non-hydrogen) atoms. The minimum absolute atomic E-state index is 0.0495. The first-order valence-corrected chi connectivity index (χ1v) is 11.8. The molecule has 4 fully saturated rings. The minimum Gasteiger partial charge on any atom is -0.507 e. The van der Waals surface area contributed by atoms with Gasteiger partial charge in [-0.15, -0.1) is 0 Å². The number of phenolic OH excluding ortho intramolecular Hbond substituents is 1. The summed E-state index contributed by atoms with van der Waals surface area (Å²) in [4.78, 5) is 0. The Balaban J connectivity index is 1.72. The summed E-state index contributed by atoms with van der Waals surface area (Å²) in [6, 6.07) is 4.59. The van der Waals surface area contributed by atoms with Crippen molar-refractivity contribution in [1.29, 1.82) is 0 Å². The lowest BCUT2D eigenvalue weighted by atomic mass is 9.47. The Morgan fingerprint density at radius 3 is 2.03 bits per heavy atom. The summed E-state index contributed by atoms with van der Waals surface area (Å²) in [6.45, 7) is 11.8. The number of rotatable bonds is 6. The average Bonchev–Trinajstić information content (AvgIpc) is 2.60. The van der Waals surface area contributed by atoms with Crippen molar-refractivity contribution in [3.8, 4) is 5.75 Å². The molecule has 0 aliphatic heterocycles. The van der Waals surface area contributed by atoms with Crippen molar-refractivity contribution in [3.63, 3.8) is 0 Å². The van der Waals surface area contributed by atoms with E-state index in [0.29, 0.717) is 18.2 Å². The Hall–Kier alpha value is -1.06. The fraction of sp³-hybridized carbons (Fsp3) is 0.769. The molecule has 4 bridgehead atoms. The van der Waals surface area contributed by atoms with Crippen LogP contribution in [0.15, 0.2) is 12.1 Å². The second-order valence-corrected chi connectivity index (χ2v) is 11.9. The third-order valence-electron chi connectivity index (χ3n) is 8.22. The molecule has 3 nitrogen and oxygen atoms in total. The number of aromatic hydroxyl groups is 1. The Morgan fingerprint density at radius 2 is 1.59 bits per heavy atom. The van der Waals surface area contributed by atoms with E-state index < -0.39 is 0 Å². The van der Waals surface area contributed by atoms with Crippen molar-refractivity contribution in [1.82, 2.24) is 5.32 Å². The molecule has 0 heterocycles. The standard InChI is InChI=1S/C26H41NO2/c1-16(2)23(15-28)27-14-20-9-21(25(3,4)5)10-22(24(20)29)26-11-17-6-18(12-26)8-19(7-17)13-26/h9-10,16-19,23,27-29H,6-8,11-15H2,1-5H3/t17?,18?,19?,23-,26?/m1/s1. The van der Waals surface area contributed by atoms with Gasteiger partial charge in [-0.1, -0.05) is 46.8 Å². The fourth-order valence-corrected chi connectivity index (χ4v) is 6.86. The molecule has 4 aliphatic carbocycles. The maximum atomic E-state index is 11.5. The second kappa shape index (κ2) is 7.57. The number of hydrogen-bond acceptors (Lipinski definition) is 3. The first kappa shape index (κ1) is 21.2. The van der Waals surface area contributed by atoms with E-state index in [9.17, 15) is 10.2 Å². The van der Waals surface area contributed by atoms with Gasteiger partial charge in [-0.05, 0) is 78.6 Å². The van der Waals surface area contributed by atoms with E-state index in [-0.39, 0.29) is 23.5 Å². The van der Waals surface area contributed by atoms with Crippen LogP contribution in [0.4, 0.5) is 0 Å². The van der Waals surface area contributed by atoms with Crippen molar-refractivity contribution >= 4 is 0 Å². The quantitative estimate of drug-likeness (QED) is 0.611. The number of phenols is 1. The molecule has 0 saturated heterocycles. The summed E-state index contributed by atoms with van der Waals surface area (Å²) in [5, 5.41) is 24.7. The van der Waals surface area contributed by atoms with Gasteiger partial charge in [0.1, 0.15) is 5.75 Å². The largest absolute Gasteiger partial charge is 0.507 e. The lowest BCUT2D eigenvalue weighted by Crippen LogP contribution is -2.48. The summed E-state index contributed by atoms with van der Waals surface area (Å²) in [6.07, 6.45) is 8.04. The Labute approximate surface area is 177 Å². The third-order valence-corrected chi connectivity index (χ3v) is 8.22. The summed E-state index contributed by atoms with van der Waals surface area (Å²) in [5.41, 5.74) is 3.79. The Bertz CT molecular complexity index is 711. The van der Waals surface area contributed by atoms with E-state index in [1.807, 2.05) is 0 Å². The summed E-state index contributed by atoms with van der Waals surface area (Å²) >= 11 is 0. The van der Waals surface area contributed by atoms with Gasteiger partial charge in [-0.3, -0.25) is 0 Å². The van der Waals surface area contributed by atoms with Gasteiger partial charge in [0, 0.05) is 23.7 Å².